The van der Waals surface area contributed by atoms with E-state index in [1.807, 2.05) is 36.4 Å². The largest absolute Gasteiger partial charge is 0.497 e. The summed E-state index contributed by atoms with van der Waals surface area (Å²) in [6.07, 6.45) is 0. The third-order valence-electron chi connectivity index (χ3n) is 2.23. The second-order valence-corrected chi connectivity index (χ2v) is 3.49. The summed E-state index contributed by atoms with van der Waals surface area (Å²) in [5, 5.41) is 8.23. The zero-order valence-electron chi connectivity index (χ0n) is 9.50. The Bertz CT molecular complexity index is 520. The number of benzene rings is 2. The topological polar surface area (TPSA) is 60.0 Å². The zero-order chi connectivity index (χ0) is 12.1. The SMILES string of the molecule is COc1cccc(N=Nc2ccc(N)cc2)c1. The predicted octanol–water partition coefficient (Wildman–Crippen LogP) is 3.69. The first-order valence-corrected chi connectivity index (χ1v) is 5.19. The molecule has 17 heavy (non-hydrogen) atoms. The molecule has 0 aliphatic rings. The minimum Gasteiger partial charge on any atom is -0.497 e. The van der Waals surface area contributed by atoms with Gasteiger partial charge in [0.2, 0.25) is 0 Å². The van der Waals surface area contributed by atoms with E-state index in [1.165, 1.54) is 0 Å². The van der Waals surface area contributed by atoms with Gasteiger partial charge in [-0.2, -0.15) is 10.2 Å². The maximum absolute atomic E-state index is 5.58. The summed E-state index contributed by atoms with van der Waals surface area (Å²) in [6, 6.07) is 14.6. The Hall–Kier alpha value is -2.36. The molecule has 2 N–H and O–H groups in total. The van der Waals surface area contributed by atoms with Crippen LogP contribution in [0.3, 0.4) is 0 Å². The first kappa shape index (κ1) is 11.1. The van der Waals surface area contributed by atoms with Gasteiger partial charge in [-0.3, -0.25) is 0 Å². The quantitative estimate of drug-likeness (QED) is 0.642. The van der Waals surface area contributed by atoms with Gasteiger partial charge in [-0.05, 0) is 36.4 Å². The van der Waals surface area contributed by atoms with Gasteiger partial charge in [0.15, 0.2) is 0 Å². The van der Waals surface area contributed by atoms with Crippen molar-refractivity contribution in [3.63, 3.8) is 0 Å². The fourth-order valence-corrected chi connectivity index (χ4v) is 1.33. The number of rotatable bonds is 3. The molecule has 0 unspecified atom stereocenters. The molecule has 0 bridgehead atoms. The molecule has 0 atom stereocenters. The number of ether oxygens (including phenoxy) is 1. The molecule has 0 aliphatic heterocycles. The molecule has 4 nitrogen and oxygen atoms in total. The number of anilines is 1. The van der Waals surface area contributed by atoms with Crippen molar-refractivity contribution in [1.29, 1.82) is 0 Å². The van der Waals surface area contributed by atoms with E-state index >= 15 is 0 Å². The average Bonchev–Trinajstić information content (AvgIpc) is 2.38. The molecule has 0 saturated carbocycles. The van der Waals surface area contributed by atoms with E-state index in [0.717, 1.165) is 17.1 Å². The number of nitrogens with zero attached hydrogens (tertiary/aromatic N) is 2. The monoisotopic (exact) mass is 227 g/mol. The first-order valence-electron chi connectivity index (χ1n) is 5.19. The third-order valence-corrected chi connectivity index (χ3v) is 2.23. The number of nitrogens with two attached hydrogens (primary N) is 1. The normalized spacial score (nSPS) is 10.6. The molecule has 4 heteroatoms. The van der Waals surface area contributed by atoms with Crippen LogP contribution in [0.1, 0.15) is 0 Å². The number of hydrogen-bond donors (Lipinski definition) is 1. The van der Waals surface area contributed by atoms with Crippen molar-refractivity contribution in [2.75, 3.05) is 12.8 Å². The highest BCUT2D eigenvalue weighted by Crippen LogP contribution is 2.22. The van der Waals surface area contributed by atoms with Crippen LogP contribution < -0.4 is 10.5 Å². The first-order chi connectivity index (χ1) is 8.28. The van der Waals surface area contributed by atoms with Gasteiger partial charge in [0.25, 0.3) is 0 Å². The lowest BCUT2D eigenvalue weighted by atomic mass is 10.3. The van der Waals surface area contributed by atoms with Crippen molar-refractivity contribution in [3.8, 4) is 5.75 Å². The molecule has 86 valence electrons. The Labute approximate surface area is 99.8 Å². The van der Waals surface area contributed by atoms with Gasteiger partial charge in [0.05, 0.1) is 18.5 Å². The average molecular weight is 227 g/mol. The smallest absolute Gasteiger partial charge is 0.121 e. The Kier molecular flexibility index (Phi) is 3.35. The lowest BCUT2D eigenvalue weighted by Crippen LogP contribution is -1.81. The van der Waals surface area contributed by atoms with Crippen LogP contribution in [0, 0.1) is 0 Å². The van der Waals surface area contributed by atoms with Crippen LogP contribution in [0.5, 0.6) is 5.75 Å². The van der Waals surface area contributed by atoms with Gasteiger partial charge >= 0.3 is 0 Å². The fraction of sp³-hybridized carbons (Fsp3) is 0.0769. The van der Waals surface area contributed by atoms with Gasteiger partial charge in [-0.25, -0.2) is 0 Å². The van der Waals surface area contributed by atoms with Gasteiger partial charge in [-0.15, -0.1) is 0 Å². The summed E-state index contributed by atoms with van der Waals surface area (Å²) in [4.78, 5) is 0. The van der Waals surface area contributed by atoms with Gasteiger partial charge in [0.1, 0.15) is 5.75 Å². The molecule has 0 radical (unpaired) electrons. The van der Waals surface area contributed by atoms with Crippen molar-refractivity contribution in [2.45, 2.75) is 0 Å². The maximum atomic E-state index is 5.58. The number of hydrogen-bond acceptors (Lipinski definition) is 4. The highest BCUT2D eigenvalue weighted by molar-refractivity contribution is 5.48. The highest BCUT2D eigenvalue weighted by Gasteiger charge is 1.94. The molecular formula is C13H13N3O. The van der Waals surface area contributed by atoms with Gasteiger partial charge in [-0.1, -0.05) is 6.07 Å². The van der Waals surface area contributed by atoms with Crippen LogP contribution in [-0.4, -0.2) is 7.11 Å². The van der Waals surface area contributed by atoms with Crippen LogP contribution >= 0.6 is 0 Å². The molecular weight excluding hydrogens is 214 g/mol. The Morgan fingerprint density at radius 2 is 1.65 bits per heavy atom. The number of methoxy groups -OCH3 is 1. The highest BCUT2D eigenvalue weighted by atomic mass is 16.5. The predicted molar refractivity (Wildman–Crippen MR) is 68.0 cm³/mol. The van der Waals surface area contributed by atoms with Crippen LogP contribution in [0.4, 0.5) is 17.1 Å². The molecule has 0 spiro atoms. The van der Waals surface area contributed by atoms with Crippen LogP contribution in [0.15, 0.2) is 58.8 Å². The molecule has 2 aromatic carbocycles. The third kappa shape index (κ3) is 3.04. The van der Waals surface area contributed by atoms with E-state index in [-0.39, 0.29) is 0 Å². The summed E-state index contributed by atoms with van der Waals surface area (Å²) in [5.74, 6) is 0.763. The number of azo groups is 1. The second-order valence-electron chi connectivity index (χ2n) is 3.49. The van der Waals surface area contributed by atoms with E-state index in [1.54, 1.807) is 19.2 Å². The number of nitrogen functional groups attached to an aromatic ring is 1. The summed E-state index contributed by atoms with van der Waals surface area (Å²) in [6.45, 7) is 0. The van der Waals surface area contributed by atoms with E-state index < -0.39 is 0 Å². The van der Waals surface area contributed by atoms with Crippen molar-refractivity contribution < 1.29 is 4.74 Å². The maximum Gasteiger partial charge on any atom is 0.121 e. The summed E-state index contributed by atoms with van der Waals surface area (Å²) in [7, 11) is 1.62. The molecule has 0 saturated heterocycles. The Morgan fingerprint density at radius 3 is 2.35 bits per heavy atom. The molecule has 2 rings (SSSR count). The van der Waals surface area contributed by atoms with Gasteiger partial charge < -0.3 is 10.5 Å². The van der Waals surface area contributed by atoms with E-state index in [2.05, 4.69) is 10.2 Å². The molecule has 0 aliphatic carbocycles. The van der Waals surface area contributed by atoms with Crippen molar-refractivity contribution in [1.82, 2.24) is 0 Å². The lowest BCUT2D eigenvalue weighted by Gasteiger charge is -1.99. The van der Waals surface area contributed by atoms with Crippen LogP contribution in [0.25, 0.3) is 0 Å². The Balaban J connectivity index is 2.16. The molecule has 0 heterocycles. The van der Waals surface area contributed by atoms with Crippen molar-refractivity contribution in [3.05, 3.63) is 48.5 Å². The molecule has 0 fully saturated rings. The summed E-state index contributed by atoms with van der Waals surface area (Å²) >= 11 is 0. The minimum absolute atomic E-state index is 0.713. The van der Waals surface area contributed by atoms with E-state index in [9.17, 15) is 0 Å². The van der Waals surface area contributed by atoms with E-state index in [0.29, 0.717) is 5.69 Å². The van der Waals surface area contributed by atoms with Crippen molar-refractivity contribution in [2.24, 2.45) is 10.2 Å². The lowest BCUT2D eigenvalue weighted by molar-refractivity contribution is 0.415. The molecule has 2 aromatic rings. The minimum atomic E-state index is 0.713. The summed E-state index contributed by atoms with van der Waals surface area (Å²) < 4.78 is 5.10. The summed E-state index contributed by atoms with van der Waals surface area (Å²) in [5.41, 5.74) is 7.81. The Morgan fingerprint density at radius 1 is 0.941 bits per heavy atom. The second kappa shape index (κ2) is 5.12. The standard InChI is InChI=1S/C13H13N3O/c1-17-13-4-2-3-12(9-13)16-15-11-7-5-10(14)6-8-11/h2-9H,14H2,1H3. The van der Waals surface area contributed by atoms with Crippen molar-refractivity contribution >= 4 is 17.1 Å². The molecule has 0 aromatic heterocycles. The van der Waals surface area contributed by atoms with Crippen LogP contribution in [0.2, 0.25) is 0 Å². The zero-order valence-corrected chi connectivity index (χ0v) is 9.50. The fourth-order valence-electron chi connectivity index (χ4n) is 1.33. The van der Waals surface area contributed by atoms with Gasteiger partial charge in [0, 0.05) is 11.8 Å². The van der Waals surface area contributed by atoms with Crippen LogP contribution in [-0.2, 0) is 0 Å². The molecule has 0 amide bonds. The van der Waals surface area contributed by atoms with E-state index in [4.69, 9.17) is 10.5 Å².